The number of carbonyl (C=O) groups excluding carboxylic acids is 2. The summed E-state index contributed by atoms with van der Waals surface area (Å²) in [5.41, 5.74) is -0.292. The van der Waals surface area contributed by atoms with Crippen molar-refractivity contribution in [1.82, 2.24) is 4.90 Å². The maximum atomic E-state index is 12.0. The van der Waals surface area contributed by atoms with Crippen molar-refractivity contribution in [3.63, 3.8) is 0 Å². The van der Waals surface area contributed by atoms with Crippen LogP contribution in [0, 0.1) is 27.4 Å². The molecule has 0 aliphatic heterocycles. The molecule has 1 unspecified atom stereocenters. The highest BCUT2D eigenvalue weighted by atomic mass is 79.9. The standard InChI is InChI=1S/C15H16BrN3O5/c1-3-18(8-10(2)7-17)14(20)9-24-15(21)11-4-5-12(16)13(6-11)19(22)23/h4-6,10H,3,8-9H2,1-2H3. The molecule has 1 rings (SSSR count). The number of rotatable bonds is 7. The van der Waals surface area contributed by atoms with E-state index in [2.05, 4.69) is 15.9 Å². The molecule has 0 fully saturated rings. The lowest BCUT2D eigenvalue weighted by Gasteiger charge is -2.21. The number of likely N-dealkylation sites (N-methyl/N-ethyl adjacent to an activating group) is 1. The van der Waals surface area contributed by atoms with Crippen molar-refractivity contribution >= 4 is 33.5 Å². The molecular weight excluding hydrogens is 382 g/mol. The van der Waals surface area contributed by atoms with Crippen LogP contribution in [0.4, 0.5) is 5.69 Å². The van der Waals surface area contributed by atoms with Crippen LogP contribution in [-0.4, -0.2) is 41.4 Å². The molecule has 0 aliphatic carbocycles. The summed E-state index contributed by atoms with van der Waals surface area (Å²) in [6.07, 6.45) is 0. The van der Waals surface area contributed by atoms with Gasteiger partial charge < -0.3 is 9.64 Å². The highest BCUT2D eigenvalue weighted by molar-refractivity contribution is 9.10. The number of ether oxygens (including phenoxy) is 1. The fraction of sp³-hybridized carbons (Fsp3) is 0.400. The molecule has 1 aromatic rings. The molecule has 0 saturated carbocycles. The van der Waals surface area contributed by atoms with E-state index in [4.69, 9.17) is 10.00 Å². The van der Waals surface area contributed by atoms with Crippen molar-refractivity contribution in [2.75, 3.05) is 19.7 Å². The minimum atomic E-state index is -0.830. The van der Waals surface area contributed by atoms with Crippen molar-refractivity contribution in [2.45, 2.75) is 13.8 Å². The molecular formula is C15H16BrN3O5. The summed E-state index contributed by atoms with van der Waals surface area (Å²) < 4.78 is 5.15. The number of amides is 1. The van der Waals surface area contributed by atoms with Crippen LogP contribution in [0.2, 0.25) is 0 Å². The lowest BCUT2D eigenvalue weighted by Crippen LogP contribution is -2.37. The summed E-state index contributed by atoms with van der Waals surface area (Å²) in [6.45, 7) is 3.57. The van der Waals surface area contributed by atoms with E-state index in [-0.39, 0.29) is 28.2 Å². The largest absolute Gasteiger partial charge is 0.452 e. The third kappa shape index (κ3) is 5.31. The van der Waals surface area contributed by atoms with E-state index < -0.39 is 23.4 Å². The first-order chi connectivity index (χ1) is 11.3. The highest BCUT2D eigenvalue weighted by Gasteiger charge is 2.20. The predicted octanol–water partition coefficient (Wildman–Crippen LogP) is 2.52. The van der Waals surface area contributed by atoms with Crippen LogP contribution in [0.5, 0.6) is 0 Å². The van der Waals surface area contributed by atoms with Crippen LogP contribution < -0.4 is 0 Å². The van der Waals surface area contributed by atoms with Crippen LogP contribution >= 0.6 is 15.9 Å². The summed E-state index contributed by atoms with van der Waals surface area (Å²) in [5.74, 6) is -1.60. The van der Waals surface area contributed by atoms with Gasteiger partial charge in [0.2, 0.25) is 0 Å². The van der Waals surface area contributed by atoms with Crippen molar-refractivity contribution in [3.8, 4) is 6.07 Å². The van der Waals surface area contributed by atoms with Gasteiger partial charge in [-0.3, -0.25) is 14.9 Å². The van der Waals surface area contributed by atoms with Crippen LogP contribution in [0.15, 0.2) is 22.7 Å². The average molecular weight is 398 g/mol. The Morgan fingerprint density at radius 1 is 1.50 bits per heavy atom. The van der Waals surface area contributed by atoms with Crippen molar-refractivity contribution in [2.24, 2.45) is 5.92 Å². The summed E-state index contributed by atoms with van der Waals surface area (Å²) >= 11 is 3.02. The summed E-state index contributed by atoms with van der Waals surface area (Å²) in [7, 11) is 0. The zero-order valence-electron chi connectivity index (χ0n) is 13.2. The van der Waals surface area contributed by atoms with Crippen molar-refractivity contribution < 1.29 is 19.2 Å². The number of nitriles is 1. The first-order valence-electron chi connectivity index (χ1n) is 7.08. The number of halogens is 1. The normalized spacial score (nSPS) is 11.2. The average Bonchev–Trinajstić information content (AvgIpc) is 2.56. The summed E-state index contributed by atoms with van der Waals surface area (Å²) in [4.78, 5) is 35.6. The lowest BCUT2D eigenvalue weighted by molar-refractivity contribution is -0.385. The van der Waals surface area contributed by atoms with E-state index in [0.29, 0.717) is 6.54 Å². The Morgan fingerprint density at radius 2 is 2.17 bits per heavy atom. The molecule has 24 heavy (non-hydrogen) atoms. The number of nitrogens with zero attached hydrogens (tertiary/aromatic N) is 3. The number of hydrogen-bond acceptors (Lipinski definition) is 6. The van der Waals surface area contributed by atoms with Crippen molar-refractivity contribution in [1.29, 1.82) is 5.26 Å². The Morgan fingerprint density at radius 3 is 2.71 bits per heavy atom. The van der Waals surface area contributed by atoms with Crippen LogP contribution in [0.25, 0.3) is 0 Å². The second-order valence-corrected chi connectivity index (χ2v) is 5.82. The Hall–Kier alpha value is -2.47. The zero-order valence-corrected chi connectivity index (χ0v) is 14.8. The fourth-order valence-corrected chi connectivity index (χ4v) is 2.25. The molecule has 1 aromatic carbocycles. The number of carbonyl (C=O) groups is 2. The van der Waals surface area contributed by atoms with Crippen LogP contribution in [-0.2, 0) is 9.53 Å². The Kier molecular flexibility index (Phi) is 7.32. The molecule has 0 bridgehead atoms. The number of nitro groups is 1. The lowest BCUT2D eigenvalue weighted by atomic mass is 10.2. The van der Waals surface area contributed by atoms with Gasteiger partial charge in [-0.25, -0.2) is 4.79 Å². The number of benzene rings is 1. The van der Waals surface area contributed by atoms with Gasteiger partial charge in [0.05, 0.1) is 26.9 Å². The Bertz CT molecular complexity index is 686. The van der Waals surface area contributed by atoms with E-state index in [1.54, 1.807) is 13.8 Å². The van der Waals surface area contributed by atoms with E-state index in [1.807, 2.05) is 6.07 Å². The Balaban J connectivity index is 2.72. The minimum Gasteiger partial charge on any atom is -0.452 e. The maximum absolute atomic E-state index is 12.0. The highest BCUT2D eigenvalue weighted by Crippen LogP contribution is 2.25. The maximum Gasteiger partial charge on any atom is 0.338 e. The van der Waals surface area contributed by atoms with Crippen LogP contribution in [0.3, 0.4) is 0 Å². The first kappa shape index (κ1) is 19.6. The van der Waals surface area contributed by atoms with Gasteiger partial charge in [-0.15, -0.1) is 0 Å². The molecule has 8 nitrogen and oxygen atoms in total. The third-order valence-electron chi connectivity index (χ3n) is 3.15. The molecule has 1 atom stereocenters. The molecule has 0 radical (unpaired) electrons. The van der Waals surface area contributed by atoms with Gasteiger partial charge in [0.25, 0.3) is 11.6 Å². The van der Waals surface area contributed by atoms with E-state index in [0.717, 1.165) is 6.07 Å². The molecule has 128 valence electrons. The number of nitro benzene ring substituents is 1. The smallest absolute Gasteiger partial charge is 0.338 e. The van der Waals surface area contributed by atoms with E-state index in [1.165, 1.54) is 17.0 Å². The van der Waals surface area contributed by atoms with Gasteiger partial charge in [0, 0.05) is 19.2 Å². The van der Waals surface area contributed by atoms with Gasteiger partial charge in [-0.05, 0) is 41.9 Å². The monoisotopic (exact) mass is 397 g/mol. The van der Waals surface area contributed by atoms with Gasteiger partial charge in [0.1, 0.15) is 0 Å². The molecule has 0 saturated heterocycles. The third-order valence-corrected chi connectivity index (χ3v) is 3.82. The molecule has 9 heteroatoms. The van der Waals surface area contributed by atoms with Gasteiger partial charge in [0.15, 0.2) is 6.61 Å². The second kappa shape index (κ2) is 8.98. The SMILES string of the molecule is CCN(CC(C)C#N)C(=O)COC(=O)c1ccc(Br)c([N+](=O)[O-])c1. The van der Waals surface area contributed by atoms with Gasteiger partial charge >= 0.3 is 5.97 Å². The summed E-state index contributed by atoms with van der Waals surface area (Å²) in [6, 6.07) is 5.83. The molecule has 0 N–H and O–H groups in total. The molecule has 0 heterocycles. The van der Waals surface area contributed by atoms with Crippen LogP contribution in [0.1, 0.15) is 24.2 Å². The van der Waals surface area contributed by atoms with Gasteiger partial charge in [-0.2, -0.15) is 5.26 Å². The molecule has 0 spiro atoms. The molecule has 0 aliphatic rings. The summed E-state index contributed by atoms with van der Waals surface area (Å²) in [5, 5.41) is 19.6. The second-order valence-electron chi connectivity index (χ2n) is 4.96. The first-order valence-corrected chi connectivity index (χ1v) is 7.87. The molecule has 1 amide bonds. The predicted molar refractivity (Wildman–Crippen MR) is 88.1 cm³/mol. The fourth-order valence-electron chi connectivity index (χ4n) is 1.86. The minimum absolute atomic E-state index is 0.0221. The molecule has 0 aromatic heterocycles. The quantitative estimate of drug-likeness (QED) is 0.396. The van der Waals surface area contributed by atoms with Crippen molar-refractivity contribution in [3.05, 3.63) is 38.3 Å². The van der Waals surface area contributed by atoms with E-state index >= 15 is 0 Å². The zero-order chi connectivity index (χ0) is 18.3. The van der Waals surface area contributed by atoms with E-state index in [9.17, 15) is 19.7 Å². The number of hydrogen-bond donors (Lipinski definition) is 0. The van der Waals surface area contributed by atoms with Gasteiger partial charge in [-0.1, -0.05) is 0 Å². The topological polar surface area (TPSA) is 114 Å². The number of esters is 1. The Labute approximate surface area is 147 Å².